The quantitative estimate of drug-likeness (QED) is 0.708. The van der Waals surface area contributed by atoms with Crippen LogP contribution in [0, 0.1) is 5.92 Å². The van der Waals surface area contributed by atoms with Crippen LogP contribution < -0.4 is 10.4 Å². The maximum Gasteiger partial charge on any atom is 0.282 e. The van der Waals surface area contributed by atoms with Gasteiger partial charge in [0.1, 0.15) is 5.71 Å². The molecule has 0 saturated heterocycles. The van der Waals surface area contributed by atoms with Crippen molar-refractivity contribution in [3.8, 4) is 0 Å². The van der Waals surface area contributed by atoms with E-state index in [4.69, 9.17) is 28.3 Å². The second-order valence-corrected chi connectivity index (χ2v) is 8.06. The monoisotopic (exact) mass is 428 g/mol. The molecule has 2 atom stereocenters. The predicted octanol–water partition coefficient (Wildman–Crippen LogP) is 4.84. The first-order chi connectivity index (χ1) is 14.0. The molecule has 0 aliphatic carbocycles. The molecule has 1 N–H and O–H groups in total. The van der Waals surface area contributed by atoms with Gasteiger partial charge >= 0.3 is 0 Å². The highest BCUT2D eigenvalue weighted by Crippen LogP contribution is 2.41. The summed E-state index contributed by atoms with van der Waals surface area (Å²) in [5.74, 6) is -0.311. The summed E-state index contributed by atoms with van der Waals surface area (Å²) in [6.07, 6.45) is 5.09. The Balaban J connectivity index is 1.67. The molecule has 150 valence electrons. The molecule has 2 aliphatic heterocycles. The summed E-state index contributed by atoms with van der Waals surface area (Å²) in [6.45, 7) is 3.51. The molecule has 29 heavy (non-hydrogen) atoms. The van der Waals surface area contributed by atoms with Gasteiger partial charge in [0, 0.05) is 24.0 Å². The van der Waals surface area contributed by atoms with Gasteiger partial charge in [0.05, 0.1) is 16.8 Å². The van der Waals surface area contributed by atoms with Crippen LogP contribution in [0.25, 0.3) is 0 Å². The van der Waals surface area contributed by atoms with Crippen molar-refractivity contribution in [1.82, 2.24) is 10.4 Å². The lowest BCUT2D eigenvalue weighted by molar-refractivity contribution is -0.119. The van der Waals surface area contributed by atoms with Crippen molar-refractivity contribution in [2.24, 2.45) is 11.0 Å². The normalized spacial score (nSPS) is 21.9. The van der Waals surface area contributed by atoms with Crippen molar-refractivity contribution < 1.29 is 4.79 Å². The highest BCUT2D eigenvalue weighted by Gasteiger charge is 2.40. The number of halogens is 2. The minimum absolute atomic E-state index is 0.132. The summed E-state index contributed by atoms with van der Waals surface area (Å²) >= 11 is 12.5. The number of amides is 1. The fourth-order valence-corrected chi connectivity index (χ4v) is 4.11. The van der Waals surface area contributed by atoms with E-state index >= 15 is 0 Å². The van der Waals surface area contributed by atoms with E-state index in [0.29, 0.717) is 22.3 Å². The molecular formula is C22H22Cl2N4O. The van der Waals surface area contributed by atoms with Gasteiger partial charge in [-0.05, 0) is 36.2 Å². The zero-order valence-corrected chi connectivity index (χ0v) is 17.6. The smallest absolute Gasteiger partial charge is 0.282 e. The van der Waals surface area contributed by atoms with Crippen molar-refractivity contribution >= 4 is 40.5 Å². The topological polar surface area (TPSA) is 47.9 Å². The van der Waals surface area contributed by atoms with Crippen molar-refractivity contribution in [3.05, 3.63) is 76.3 Å². The van der Waals surface area contributed by atoms with Crippen LogP contribution in [0.2, 0.25) is 10.0 Å². The van der Waals surface area contributed by atoms with E-state index < -0.39 is 0 Å². The van der Waals surface area contributed by atoms with Crippen molar-refractivity contribution in [3.63, 3.8) is 0 Å². The number of hydrazine groups is 1. The van der Waals surface area contributed by atoms with E-state index in [0.717, 1.165) is 24.2 Å². The molecule has 1 amide bonds. The molecule has 2 aromatic rings. The predicted molar refractivity (Wildman–Crippen MR) is 118 cm³/mol. The third-order valence-electron chi connectivity index (χ3n) is 5.25. The Labute approximate surface area is 180 Å². The van der Waals surface area contributed by atoms with Gasteiger partial charge < -0.3 is 0 Å². The summed E-state index contributed by atoms with van der Waals surface area (Å²) < 4.78 is 0. The number of rotatable bonds is 4. The van der Waals surface area contributed by atoms with Crippen LogP contribution in [0.5, 0.6) is 0 Å². The number of nitrogens with zero attached hydrogens (tertiary/aromatic N) is 3. The molecule has 0 aromatic heterocycles. The summed E-state index contributed by atoms with van der Waals surface area (Å²) in [7, 11) is 0. The van der Waals surface area contributed by atoms with E-state index in [9.17, 15) is 4.79 Å². The van der Waals surface area contributed by atoms with Gasteiger partial charge in [-0.1, -0.05) is 66.5 Å². The van der Waals surface area contributed by atoms with E-state index in [1.165, 1.54) is 0 Å². The number of carbonyl (C=O) groups is 1. The van der Waals surface area contributed by atoms with Crippen LogP contribution in [0.15, 0.2) is 65.8 Å². The fraction of sp³-hybridized carbons (Fsp3) is 0.273. The number of anilines is 1. The molecule has 0 radical (unpaired) electrons. The van der Waals surface area contributed by atoms with Gasteiger partial charge in [-0.3, -0.25) is 15.2 Å². The van der Waals surface area contributed by atoms with Crippen LogP contribution in [0.1, 0.15) is 24.9 Å². The fourth-order valence-electron chi connectivity index (χ4n) is 3.76. The Hall–Kier alpha value is -2.34. The molecule has 0 spiro atoms. The van der Waals surface area contributed by atoms with Gasteiger partial charge in [-0.2, -0.15) is 5.10 Å². The lowest BCUT2D eigenvalue weighted by Gasteiger charge is -2.27. The highest BCUT2D eigenvalue weighted by atomic mass is 35.5. The van der Waals surface area contributed by atoms with Crippen LogP contribution in [0.3, 0.4) is 0 Å². The third-order valence-corrected chi connectivity index (χ3v) is 5.82. The molecule has 0 saturated carbocycles. The number of nitrogens with one attached hydrogen (secondary N) is 1. The molecule has 0 fully saturated rings. The second-order valence-electron chi connectivity index (χ2n) is 7.21. The summed E-state index contributed by atoms with van der Waals surface area (Å²) in [6, 6.07) is 15.0. The standard InChI is InChI=1S/C22H22Cl2N4O/c1-15-20(22(29)26-27-13-5-2-6-14-27)25-28(19-8-4-3-7-18(19)24)21(15)16-9-11-17(23)12-10-16/h2-5,7-12,15,21H,6,13-14H2,1H3,(H,26,29). The van der Waals surface area contributed by atoms with Crippen LogP contribution in [0.4, 0.5) is 5.69 Å². The molecule has 4 rings (SSSR count). The first kappa shape index (κ1) is 20.0. The molecule has 0 bridgehead atoms. The lowest BCUT2D eigenvalue weighted by atomic mass is 9.91. The van der Waals surface area contributed by atoms with Gasteiger partial charge in [-0.25, -0.2) is 5.01 Å². The number of hydrazone groups is 1. The first-order valence-electron chi connectivity index (χ1n) is 9.63. The van der Waals surface area contributed by atoms with E-state index in [1.54, 1.807) is 0 Å². The average molecular weight is 429 g/mol. The van der Waals surface area contributed by atoms with Crippen molar-refractivity contribution in [2.45, 2.75) is 19.4 Å². The van der Waals surface area contributed by atoms with Crippen LogP contribution in [-0.4, -0.2) is 29.7 Å². The number of hydrogen-bond acceptors (Lipinski definition) is 4. The third kappa shape index (κ3) is 4.17. The van der Waals surface area contributed by atoms with E-state index in [1.807, 2.05) is 65.5 Å². The van der Waals surface area contributed by atoms with E-state index in [-0.39, 0.29) is 17.9 Å². The Morgan fingerprint density at radius 1 is 1.10 bits per heavy atom. The zero-order chi connectivity index (χ0) is 20.4. The maximum absolute atomic E-state index is 13.0. The first-order valence-corrected chi connectivity index (χ1v) is 10.4. The molecule has 2 unspecified atom stereocenters. The van der Waals surface area contributed by atoms with Crippen LogP contribution >= 0.6 is 23.2 Å². The highest BCUT2D eigenvalue weighted by molar-refractivity contribution is 6.40. The Kier molecular flexibility index (Phi) is 5.90. The van der Waals surface area contributed by atoms with Gasteiger partial charge in [-0.15, -0.1) is 0 Å². The van der Waals surface area contributed by atoms with Gasteiger partial charge in [0.2, 0.25) is 0 Å². The summed E-state index contributed by atoms with van der Waals surface area (Å²) in [5, 5.41) is 9.74. The lowest BCUT2D eigenvalue weighted by Crippen LogP contribution is -2.47. The molecule has 2 aliphatic rings. The summed E-state index contributed by atoms with van der Waals surface area (Å²) in [4.78, 5) is 13.0. The van der Waals surface area contributed by atoms with Crippen molar-refractivity contribution in [2.75, 3.05) is 18.1 Å². The SMILES string of the molecule is CC1C(C(=O)NN2CC=CCC2)=NN(c2ccccc2Cl)C1c1ccc(Cl)cc1. The number of hydrogen-bond donors (Lipinski definition) is 1. The Morgan fingerprint density at radius 2 is 1.86 bits per heavy atom. The second kappa shape index (κ2) is 8.57. The molecule has 2 aromatic carbocycles. The van der Waals surface area contributed by atoms with Crippen LogP contribution in [-0.2, 0) is 4.79 Å². The number of para-hydroxylation sites is 1. The Bertz CT molecular complexity index is 958. The zero-order valence-electron chi connectivity index (χ0n) is 16.1. The van der Waals surface area contributed by atoms with Crippen molar-refractivity contribution in [1.29, 1.82) is 0 Å². The molecule has 2 heterocycles. The molecular weight excluding hydrogens is 407 g/mol. The molecule has 7 heteroatoms. The minimum Gasteiger partial charge on any atom is -0.283 e. The number of benzene rings is 2. The number of carbonyl (C=O) groups excluding carboxylic acids is 1. The van der Waals surface area contributed by atoms with Gasteiger partial charge in [0.25, 0.3) is 5.91 Å². The van der Waals surface area contributed by atoms with E-state index in [2.05, 4.69) is 17.6 Å². The van der Waals surface area contributed by atoms with Gasteiger partial charge in [0.15, 0.2) is 0 Å². The largest absolute Gasteiger partial charge is 0.283 e. The Morgan fingerprint density at radius 3 is 2.55 bits per heavy atom. The summed E-state index contributed by atoms with van der Waals surface area (Å²) in [5.41, 5.74) is 5.27. The average Bonchev–Trinajstić information content (AvgIpc) is 3.07. The molecule has 5 nitrogen and oxygen atoms in total. The minimum atomic E-state index is -0.179. The maximum atomic E-state index is 13.0.